The van der Waals surface area contributed by atoms with Crippen LogP contribution in [0.3, 0.4) is 0 Å². The number of fused-ring (bicyclic) bond motifs is 3. The molecule has 1 fully saturated rings. The number of carbonyl (C=O) groups is 2. The third-order valence-electron chi connectivity index (χ3n) is 6.42. The Labute approximate surface area is 177 Å². The summed E-state index contributed by atoms with van der Waals surface area (Å²) in [4.78, 5) is 24.8. The van der Waals surface area contributed by atoms with Crippen molar-refractivity contribution in [3.8, 4) is 11.1 Å². The van der Waals surface area contributed by atoms with Gasteiger partial charge in [-0.25, -0.2) is 9.59 Å². The minimum atomic E-state index is -0.659. The maximum atomic E-state index is 12.6. The summed E-state index contributed by atoms with van der Waals surface area (Å²) >= 11 is 0. The molecule has 0 heterocycles. The van der Waals surface area contributed by atoms with E-state index in [1.807, 2.05) is 24.3 Å². The molecule has 2 aliphatic carbocycles. The summed E-state index contributed by atoms with van der Waals surface area (Å²) in [5, 5.41) is 2.75. The predicted molar refractivity (Wildman–Crippen MR) is 115 cm³/mol. The van der Waals surface area contributed by atoms with Crippen LogP contribution < -0.4 is 5.32 Å². The number of carbonyl (C=O) groups excluding carboxylic acids is 2. The second-order valence-corrected chi connectivity index (χ2v) is 8.29. The SMILES string of the molecule is COC(=O)[C@@H](CC1CCCCC1)NC(=O)OCC1c2ccccc2-c2ccccc21. The van der Waals surface area contributed by atoms with Crippen molar-refractivity contribution in [2.24, 2.45) is 5.92 Å². The summed E-state index contributed by atoms with van der Waals surface area (Å²) in [7, 11) is 1.36. The Kier molecular flexibility index (Phi) is 6.36. The number of amides is 1. The lowest BCUT2D eigenvalue weighted by Crippen LogP contribution is -2.43. The largest absolute Gasteiger partial charge is 0.467 e. The normalized spacial score (nSPS) is 17.0. The lowest BCUT2D eigenvalue weighted by molar-refractivity contribution is -0.143. The monoisotopic (exact) mass is 407 g/mol. The molecular formula is C25H29NO4. The second-order valence-electron chi connectivity index (χ2n) is 8.29. The molecule has 5 heteroatoms. The van der Waals surface area contributed by atoms with Gasteiger partial charge in [0.05, 0.1) is 7.11 Å². The first-order chi connectivity index (χ1) is 14.7. The van der Waals surface area contributed by atoms with Gasteiger partial charge >= 0.3 is 12.1 Å². The zero-order chi connectivity index (χ0) is 20.9. The van der Waals surface area contributed by atoms with Crippen molar-refractivity contribution >= 4 is 12.1 Å². The fourth-order valence-electron chi connectivity index (χ4n) is 4.89. The topological polar surface area (TPSA) is 64.6 Å². The maximum Gasteiger partial charge on any atom is 0.407 e. The van der Waals surface area contributed by atoms with Crippen LogP contribution in [0.25, 0.3) is 11.1 Å². The fourth-order valence-corrected chi connectivity index (χ4v) is 4.89. The Bertz CT molecular complexity index is 858. The molecule has 0 aliphatic heterocycles. The maximum absolute atomic E-state index is 12.6. The molecule has 30 heavy (non-hydrogen) atoms. The molecule has 4 rings (SSSR count). The van der Waals surface area contributed by atoms with Crippen LogP contribution in [0.2, 0.25) is 0 Å². The highest BCUT2D eigenvalue weighted by atomic mass is 16.6. The highest BCUT2D eigenvalue weighted by Gasteiger charge is 2.30. The molecule has 2 aliphatic rings. The predicted octanol–water partition coefficient (Wildman–Crippen LogP) is 5.04. The average molecular weight is 408 g/mol. The van der Waals surface area contributed by atoms with Crippen LogP contribution in [-0.2, 0) is 14.3 Å². The number of methoxy groups -OCH3 is 1. The number of rotatable bonds is 6. The van der Waals surface area contributed by atoms with Crippen LogP contribution in [0.5, 0.6) is 0 Å². The molecular weight excluding hydrogens is 378 g/mol. The van der Waals surface area contributed by atoms with Crippen molar-refractivity contribution in [1.82, 2.24) is 5.32 Å². The smallest absolute Gasteiger partial charge is 0.407 e. The van der Waals surface area contributed by atoms with Crippen LogP contribution in [-0.4, -0.2) is 31.8 Å². The minimum Gasteiger partial charge on any atom is -0.467 e. The van der Waals surface area contributed by atoms with E-state index < -0.39 is 18.1 Å². The highest BCUT2D eigenvalue weighted by molar-refractivity contribution is 5.82. The molecule has 0 unspecified atom stereocenters. The zero-order valence-electron chi connectivity index (χ0n) is 17.4. The third kappa shape index (κ3) is 4.35. The molecule has 2 aromatic carbocycles. The minimum absolute atomic E-state index is 0.00179. The zero-order valence-corrected chi connectivity index (χ0v) is 17.4. The Hall–Kier alpha value is -2.82. The van der Waals surface area contributed by atoms with Gasteiger partial charge in [0.15, 0.2) is 0 Å². The van der Waals surface area contributed by atoms with E-state index in [0.29, 0.717) is 12.3 Å². The van der Waals surface area contributed by atoms with Crippen LogP contribution in [0.4, 0.5) is 4.79 Å². The number of nitrogens with one attached hydrogen (secondary N) is 1. The summed E-state index contributed by atoms with van der Waals surface area (Å²) in [5.74, 6) is 0.0314. The van der Waals surface area contributed by atoms with Crippen molar-refractivity contribution in [2.45, 2.75) is 50.5 Å². The highest BCUT2D eigenvalue weighted by Crippen LogP contribution is 2.44. The molecule has 158 valence electrons. The van der Waals surface area contributed by atoms with E-state index in [9.17, 15) is 9.59 Å². The van der Waals surface area contributed by atoms with Gasteiger partial charge in [-0.05, 0) is 34.6 Å². The van der Waals surface area contributed by atoms with Gasteiger partial charge in [0, 0.05) is 5.92 Å². The Morgan fingerprint density at radius 3 is 2.17 bits per heavy atom. The van der Waals surface area contributed by atoms with Gasteiger partial charge in [-0.1, -0.05) is 80.6 Å². The Balaban J connectivity index is 1.40. The summed E-state index contributed by atoms with van der Waals surface area (Å²) in [6.45, 7) is 0.233. The second kappa shape index (κ2) is 9.33. The van der Waals surface area contributed by atoms with Gasteiger partial charge in [-0.15, -0.1) is 0 Å². The molecule has 0 spiro atoms. The lowest BCUT2D eigenvalue weighted by atomic mass is 9.85. The Morgan fingerprint density at radius 2 is 1.57 bits per heavy atom. The number of hydrogen-bond donors (Lipinski definition) is 1. The van der Waals surface area contributed by atoms with E-state index in [2.05, 4.69) is 29.6 Å². The van der Waals surface area contributed by atoms with Gasteiger partial charge in [-0.2, -0.15) is 0 Å². The van der Waals surface area contributed by atoms with E-state index in [4.69, 9.17) is 9.47 Å². The quantitative estimate of drug-likeness (QED) is 0.682. The summed E-state index contributed by atoms with van der Waals surface area (Å²) in [5.41, 5.74) is 4.70. The molecule has 1 N–H and O–H groups in total. The standard InChI is InChI=1S/C25H29NO4/c1-29-24(27)23(15-17-9-3-2-4-10-17)26-25(28)30-16-22-20-13-7-5-11-18(20)19-12-6-8-14-21(19)22/h5-8,11-14,17,22-23H,2-4,9-10,15-16H2,1H3,(H,26,28)/t23-/m1/s1. The number of ether oxygens (including phenoxy) is 2. The van der Waals surface area contributed by atoms with Gasteiger partial charge in [0.2, 0.25) is 0 Å². The van der Waals surface area contributed by atoms with Gasteiger partial charge < -0.3 is 14.8 Å². The first-order valence-corrected chi connectivity index (χ1v) is 10.9. The van der Waals surface area contributed by atoms with E-state index in [-0.39, 0.29) is 12.5 Å². The van der Waals surface area contributed by atoms with Crippen molar-refractivity contribution in [1.29, 1.82) is 0 Å². The summed E-state index contributed by atoms with van der Waals surface area (Å²) in [6, 6.07) is 15.8. The number of benzene rings is 2. The van der Waals surface area contributed by atoms with Gasteiger partial charge in [0.25, 0.3) is 0 Å². The van der Waals surface area contributed by atoms with E-state index in [1.54, 1.807) is 0 Å². The molecule has 0 saturated heterocycles. The Morgan fingerprint density at radius 1 is 0.967 bits per heavy atom. The molecule has 0 aromatic heterocycles. The summed E-state index contributed by atoms with van der Waals surface area (Å²) in [6.07, 6.45) is 5.85. The fraction of sp³-hybridized carbons (Fsp3) is 0.440. The van der Waals surface area contributed by atoms with Crippen LogP contribution in [0.15, 0.2) is 48.5 Å². The number of alkyl carbamates (subject to hydrolysis) is 1. The third-order valence-corrected chi connectivity index (χ3v) is 6.42. The molecule has 1 atom stereocenters. The number of hydrogen-bond acceptors (Lipinski definition) is 4. The van der Waals surface area contributed by atoms with Gasteiger partial charge in [-0.3, -0.25) is 0 Å². The molecule has 1 saturated carbocycles. The van der Waals surface area contributed by atoms with Crippen molar-refractivity contribution in [3.63, 3.8) is 0 Å². The first-order valence-electron chi connectivity index (χ1n) is 10.9. The van der Waals surface area contributed by atoms with Gasteiger partial charge in [0.1, 0.15) is 12.6 Å². The molecule has 1 amide bonds. The van der Waals surface area contributed by atoms with Crippen LogP contribution in [0.1, 0.15) is 55.6 Å². The molecule has 0 bridgehead atoms. The van der Waals surface area contributed by atoms with E-state index in [0.717, 1.165) is 12.8 Å². The van der Waals surface area contributed by atoms with Crippen molar-refractivity contribution < 1.29 is 19.1 Å². The van der Waals surface area contributed by atoms with Crippen LogP contribution >= 0.6 is 0 Å². The van der Waals surface area contributed by atoms with Crippen molar-refractivity contribution in [2.75, 3.05) is 13.7 Å². The first kappa shape index (κ1) is 20.5. The summed E-state index contributed by atoms with van der Waals surface area (Å²) < 4.78 is 10.5. The van der Waals surface area contributed by atoms with E-state index in [1.165, 1.54) is 48.6 Å². The lowest BCUT2D eigenvalue weighted by Gasteiger charge is -2.25. The number of esters is 1. The van der Waals surface area contributed by atoms with E-state index >= 15 is 0 Å². The average Bonchev–Trinajstić information content (AvgIpc) is 3.11. The van der Waals surface area contributed by atoms with Crippen LogP contribution in [0, 0.1) is 5.92 Å². The molecule has 0 radical (unpaired) electrons. The molecule has 2 aromatic rings. The molecule has 5 nitrogen and oxygen atoms in total. The van der Waals surface area contributed by atoms with Crippen molar-refractivity contribution in [3.05, 3.63) is 59.7 Å².